The SMILES string of the molecule is O=C(N[C@@H]1COc2ccccc21)c1cccc(NC2(c3nc(-c4ccncc4)n[nH]3)CCNCC2)c1F. The molecule has 2 aliphatic rings. The molecule has 2 aromatic carbocycles. The minimum absolute atomic E-state index is 0.0338. The molecule has 4 aromatic rings. The first kappa shape index (κ1) is 23.1. The van der Waals surface area contributed by atoms with E-state index in [0.29, 0.717) is 31.1 Å². The predicted octanol–water partition coefficient (Wildman–Crippen LogP) is 3.56. The Morgan fingerprint density at radius 2 is 1.86 bits per heavy atom. The molecule has 1 fully saturated rings. The molecule has 2 aromatic heterocycles. The third kappa shape index (κ3) is 4.40. The van der Waals surface area contributed by atoms with Gasteiger partial charge in [0.25, 0.3) is 5.91 Å². The number of H-pyrrole nitrogens is 1. The topological polar surface area (TPSA) is 117 Å². The number of hydrogen-bond donors (Lipinski definition) is 4. The van der Waals surface area contributed by atoms with Gasteiger partial charge in [-0.3, -0.25) is 14.9 Å². The number of ether oxygens (including phenoxy) is 1. The van der Waals surface area contributed by atoms with Crippen LogP contribution >= 0.6 is 0 Å². The van der Waals surface area contributed by atoms with E-state index in [1.807, 2.05) is 36.4 Å². The van der Waals surface area contributed by atoms with Gasteiger partial charge < -0.3 is 20.7 Å². The van der Waals surface area contributed by atoms with E-state index in [-0.39, 0.29) is 17.3 Å². The van der Waals surface area contributed by atoms with E-state index >= 15 is 4.39 Å². The van der Waals surface area contributed by atoms with Crippen molar-refractivity contribution in [3.8, 4) is 17.1 Å². The lowest BCUT2D eigenvalue weighted by molar-refractivity contribution is 0.0926. The molecular weight excluding hydrogens is 473 g/mol. The maximum Gasteiger partial charge on any atom is 0.254 e. The molecule has 6 rings (SSSR count). The molecule has 0 spiro atoms. The van der Waals surface area contributed by atoms with Gasteiger partial charge in [0, 0.05) is 23.5 Å². The third-order valence-electron chi connectivity index (χ3n) is 6.96. The summed E-state index contributed by atoms with van der Waals surface area (Å²) in [6.45, 7) is 1.76. The summed E-state index contributed by atoms with van der Waals surface area (Å²) in [5.41, 5.74) is 1.24. The normalized spacial score (nSPS) is 18.0. The number of rotatable bonds is 6. The Kier molecular flexibility index (Phi) is 6.01. The number of fused-ring (bicyclic) bond motifs is 1. The average molecular weight is 500 g/mol. The first-order valence-corrected chi connectivity index (χ1v) is 12.3. The van der Waals surface area contributed by atoms with Crippen molar-refractivity contribution in [1.29, 1.82) is 0 Å². The highest BCUT2D eigenvalue weighted by molar-refractivity contribution is 5.96. The summed E-state index contributed by atoms with van der Waals surface area (Å²) in [5.74, 6) is 0.790. The van der Waals surface area contributed by atoms with Crippen LogP contribution in [-0.4, -0.2) is 45.8 Å². The van der Waals surface area contributed by atoms with E-state index < -0.39 is 17.3 Å². The Labute approximate surface area is 212 Å². The summed E-state index contributed by atoms with van der Waals surface area (Å²) in [4.78, 5) is 21.9. The van der Waals surface area contributed by atoms with Crippen molar-refractivity contribution >= 4 is 11.6 Å². The highest BCUT2D eigenvalue weighted by atomic mass is 19.1. The maximum absolute atomic E-state index is 15.8. The lowest BCUT2D eigenvalue weighted by Crippen LogP contribution is -2.46. The van der Waals surface area contributed by atoms with Crippen LogP contribution in [0, 0.1) is 5.82 Å². The quantitative estimate of drug-likeness (QED) is 0.321. The molecule has 0 saturated carbocycles. The fourth-order valence-corrected chi connectivity index (χ4v) is 4.96. The second-order valence-electron chi connectivity index (χ2n) is 9.24. The second-order valence-corrected chi connectivity index (χ2v) is 9.24. The number of halogens is 1. The number of pyridine rings is 1. The Morgan fingerprint density at radius 3 is 2.70 bits per heavy atom. The molecule has 0 aliphatic carbocycles. The zero-order valence-corrected chi connectivity index (χ0v) is 20.0. The number of carbonyl (C=O) groups is 1. The van der Waals surface area contributed by atoms with Gasteiger partial charge in [-0.25, -0.2) is 9.37 Å². The fraction of sp³-hybridized carbons (Fsp3) is 0.259. The molecule has 188 valence electrons. The van der Waals surface area contributed by atoms with Crippen LogP contribution in [0.1, 0.15) is 40.6 Å². The zero-order valence-electron chi connectivity index (χ0n) is 20.0. The number of para-hydroxylation sites is 1. The summed E-state index contributed by atoms with van der Waals surface area (Å²) < 4.78 is 21.4. The minimum atomic E-state index is -0.683. The number of nitrogens with one attached hydrogen (secondary N) is 4. The Morgan fingerprint density at radius 1 is 1.05 bits per heavy atom. The molecule has 0 radical (unpaired) electrons. The monoisotopic (exact) mass is 499 g/mol. The van der Waals surface area contributed by atoms with Crippen LogP contribution in [0.5, 0.6) is 5.75 Å². The molecule has 2 aliphatic heterocycles. The highest BCUT2D eigenvalue weighted by Gasteiger charge is 2.38. The molecule has 37 heavy (non-hydrogen) atoms. The van der Waals surface area contributed by atoms with E-state index in [9.17, 15) is 4.79 Å². The number of carbonyl (C=O) groups excluding carboxylic acids is 1. The molecule has 1 atom stereocenters. The molecular formula is C27H26FN7O2. The van der Waals surface area contributed by atoms with Crippen LogP contribution in [0.4, 0.5) is 10.1 Å². The zero-order chi connectivity index (χ0) is 25.2. The molecule has 1 amide bonds. The Bertz CT molecular complexity index is 1420. The van der Waals surface area contributed by atoms with Gasteiger partial charge >= 0.3 is 0 Å². The Hall–Kier alpha value is -4.31. The Balaban J connectivity index is 1.27. The van der Waals surface area contributed by atoms with E-state index in [0.717, 1.165) is 30.0 Å². The number of hydrogen-bond acceptors (Lipinski definition) is 7. The summed E-state index contributed by atoms with van der Waals surface area (Å²) in [6, 6.07) is 15.7. The average Bonchev–Trinajstić information content (AvgIpc) is 3.60. The van der Waals surface area contributed by atoms with Crippen LogP contribution in [0.3, 0.4) is 0 Å². The van der Waals surface area contributed by atoms with Crippen LogP contribution in [0.2, 0.25) is 0 Å². The first-order chi connectivity index (χ1) is 18.1. The largest absolute Gasteiger partial charge is 0.491 e. The van der Waals surface area contributed by atoms with Gasteiger partial charge in [-0.1, -0.05) is 24.3 Å². The van der Waals surface area contributed by atoms with Crippen LogP contribution in [-0.2, 0) is 5.54 Å². The molecule has 0 bridgehead atoms. The summed E-state index contributed by atoms with van der Waals surface area (Å²) in [6.07, 6.45) is 4.69. The molecule has 10 heteroatoms. The van der Waals surface area contributed by atoms with E-state index in [1.165, 1.54) is 6.07 Å². The summed E-state index contributed by atoms with van der Waals surface area (Å²) in [5, 5.41) is 17.1. The molecule has 9 nitrogen and oxygen atoms in total. The van der Waals surface area contributed by atoms with Crippen LogP contribution < -0.4 is 20.7 Å². The molecule has 0 unspecified atom stereocenters. The maximum atomic E-state index is 15.8. The van der Waals surface area contributed by atoms with Gasteiger partial charge in [0.15, 0.2) is 17.5 Å². The lowest BCUT2D eigenvalue weighted by atomic mass is 9.87. The standard InChI is InChI=1S/C27H26FN7O2/c28-23-19(25(36)31-21-16-37-22-7-2-1-4-18(21)22)5-3-6-20(23)33-27(10-14-30-15-11-27)26-32-24(34-35-26)17-8-12-29-13-9-17/h1-9,12-13,21,30,33H,10-11,14-16H2,(H,31,36)(H,32,34,35)/t21-/m1/s1. The molecule has 4 heterocycles. The van der Waals surface area contributed by atoms with Gasteiger partial charge in [0.05, 0.1) is 22.8 Å². The minimum Gasteiger partial charge on any atom is -0.491 e. The number of piperidine rings is 1. The van der Waals surface area contributed by atoms with Crippen LogP contribution in [0.15, 0.2) is 67.0 Å². The van der Waals surface area contributed by atoms with Gasteiger partial charge in [-0.05, 0) is 56.3 Å². The van der Waals surface area contributed by atoms with Crippen molar-refractivity contribution in [3.63, 3.8) is 0 Å². The number of benzene rings is 2. The number of aromatic nitrogens is 4. The molecule has 1 saturated heterocycles. The number of anilines is 1. The number of nitrogens with zero attached hydrogens (tertiary/aromatic N) is 3. The molecule has 4 N–H and O–H groups in total. The third-order valence-corrected chi connectivity index (χ3v) is 6.96. The fourth-order valence-electron chi connectivity index (χ4n) is 4.96. The van der Waals surface area contributed by atoms with Gasteiger partial charge in [0.2, 0.25) is 0 Å². The van der Waals surface area contributed by atoms with Gasteiger partial charge in [-0.15, -0.1) is 0 Å². The van der Waals surface area contributed by atoms with Gasteiger partial charge in [0.1, 0.15) is 12.4 Å². The van der Waals surface area contributed by atoms with Crippen molar-refractivity contribution in [2.75, 3.05) is 25.0 Å². The number of amides is 1. The van der Waals surface area contributed by atoms with Crippen molar-refractivity contribution in [2.45, 2.75) is 24.4 Å². The van der Waals surface area contributed by atoms with Crippen molar-refractivity contribution < 1.29 is 13.9 Å². The first-order valence-electron chi connectivity index (χ1n) is 12.3. The van der Waals surface area contributed by atoms with Gasteiger partial charge in [-0.2, -0.15) is 5.10 Å². The second kappa shape index (κ2) is 9.62. The summed E-state index contributed by atoms with van der Waals surface area (Å²) >= 11 is 0. The smallest absolute Gasteiger partial charge is 0.254 e. The lowest BCUT2D eigenvalue weighted by Gasteiger charge is -2.37. The van der Waals surface area contributed by atoms with Crippen molar-refractivity contribution in [3.05, 3.63) is 89.8 Å². The predicted molar refractivity (Wildman–Crippen MR) is 136 cm³/mol. The van der Waals surface area contributed by atoms with Crippen molar-refractivity contribution in [1.82, 2.24) is 30.8 Å². The highest BCUT2D eigenvalue weighted by Crippen LogP contribution is 2.36. The van der Waals surface area contributed by atoms with E-state index in [4.69, 9.17) is 9.72 Å². The van der Waals surface area contributed by atoms with E-state index in [2.05, 4.69) is 31.1 Å². The summed E-state index contributed by atoms with van der Waals surface area (Å²) in [7, 11) is 0. The number of aromatic amines is 1. The van der Waals surface area contributed by atoms with Crippen LogP contribution in [0.25, 0.3) is 11.4 Å². The van der Waals surface area contributed by atoms with E-state index in [1.54, 1.807) is 24.5 Å². The van der Waals surface area contributed by atoms with Crippen molar-refractivity contribution in [2.24, 2.45) is 0 Å².